The summed E-state index contributed by atoms with van der Waals surface area (Å²) >= 11 is 4.18. The number of urea groups is 1. The van der Waals surface area contributed by atoms with Gasteiger partial charge in [-0.1, -0.05) is 19.8 Å². The number of nitrogens with zero attached hydrogens (tertiary/aromatic N) is 1. The number of unbranched alkanes of at least 4 members (excludes halogenated alkanes) is 3. The minimum atomic E-state index is -0.575. The van der Waals surface area contributed by atoms with Crippen molar-refractivity contribution < 1.29 is 9.59 Å². The summed E-state index contributed by atoms with van der Waals surface area (Å²) in [4.78, 5) is 26.0. The molecule has 1 heterocycles. The SMILES string of the molecule is CC1CCC2(CC1)NC(=O)N(CCCCCCS)C2=O. The Morgan fingerprint density at radius 1 is 1.20 bits per heavy atom. The number of carbonyl (C=O) groups is 2. The minimum absolute atomic E-state index is 0.0172. The van der Waals surface area contributed by atoms with E-state index in [2.05, 4.69) is 24.9 Å². The van der Waals surface area contributed by atoms with E-state index in [1.165, 1.54) is 4.90 Å². The summed E-state index contributed by atoms with van der Waals surface area (Å²) in [5, 5.41) is 2.97. The molecule has 1 N–H and O–H groups in total. The van der Waals surface area contributed by atoms with Crippen LogP contribution in [0, 0.1) is 5.92 Å². The summed E-state index contributed by atoms with van der Waals surface area (Å²) in [7, 11) is 0. The second-order valence-electron chi connectivity index (χ2n) is 6.29. The smallest absolute Gasteiger partial charge is 0.323 e. The van der Waals surface area contributed by atoms with Crippen LogP contribution in [0.25, 0.3) is 0 Å². The Labute approximate surface area is 127 Å². The third kappa shape index (κ3) is 3.30. The van der Waals surface area contributed by atoms with Gasteiger partial charge in [0.15, 0.2) is 0 Å². The maximum absolute atomic E-state index is 12.5. The lowest BCUT2D eigenvalue weighted by Crippen LogP contribution is -2.49. The molecule has 20 heavy (non-hydrogen) atoms. The average Bonchev–Trinajstić information content (AvgIpc) is 2.66. The van der Waals surface area contributed by atoms with Crippen LogP contribution in [0.15, 0.2) is 0 Å². The Hall–Kier alpha value is -0.710. The molecule has 3 amide bonds. The first kappa shape index (κ1) is 15.7. The molecule has 0 aromatic carbocycles. The molecule has 2 rings (SSSR count). The first-order valence-corrected chi connectivity index (χ1v) is 8.47. The largest absolute Gasteiger partial charge is 0.325 e. The van der Waals surface area contributed by atoms with E-state index >= 15 is 0 Å². The normalized spacial score (nSPS) is 30.1. The van der Waals surface area contributed by atoms with Crippen LogP contribution in [0.2, 0.25) is 0 Å². The second kappa shape index (κ2) is 6.83. The molecule has 0 aromatic heterocycles. The maximum Gasteiger partial charge on any atom is 0.325 e. The zero-order valence-corrected chi connectivity index (χ0v) is 13.3. The zero-order chi connectivity index (χ0) is 14.6. The van der Waals surface area contributed by atoms with Crippen molar-refractivity contribution >= 4 is 24.6 Å². The van der Waals surface area contributed by atoms with Crippen molar-refractivity contribution in [3.05, 3.63) is 0 Å². The van der Waals surface area contributed by atoms with Crippen LogP contribution in [0.4, 0.5) is 4.79 Å². The van der Waals surface area contributed by atoms with Gasteiger partial charge in [-0.2, -0.15) is 12.6 Å². The molecule has 0 aromatic rings. The number of nitrogens with one attached hydrogen (secondary N) is 1. The Morgan fingerprint density at radius 2 is 1.85 bits per heavy atom. The molecule has 4 nitrogen and oxygen atoms in total. The Balaban J connectivity index is 1.85. The van der Waals surface area contributed by atoms with Gasteiger partial charge in [0.05, 0.1) is 0 Å². The number of carbonyl (C=O) groups excluding carboxylic acids is 2. The maximum atomic E-state index is 12.5. The summed E-state index contributed by atoms with van der Waals surface area (Å²) in [6.45, 7) is 2.78. The fourth-order valence-electron chi connectivity index (χ4n) is 3.21. The molecule has 1 saturated carbocycles. The van der Waals surface area contributed by atoms with E-state index in [1.807, 2.05) is 0 Å². The molecule has 1 saturated heterocycles. The topological polar surface area (TPSA) is 49.4 Å². The minimum Gasteiger partial charge on any atom is -0.323 e. The summed E-state index contributed by atoms with van der Waals surface area (Å²) in [6.07, 6.45) is 7.84. The number of amides is 3. The Bertz CT molecular complexity index is 365. The molecule has 0 radical (unpaired) electrons. The summed E-state index contributed by atoms with van der Waals surface area (Å²) in [5.41, 5.74) is -0.575. The molecule has 1 spiro atoms. The molecule has 1 aliphatic heterocycles. The quantitative estimate of drug-likeness (QED) is 0.450. The van der Waals surface area contributed by atoms with E-state index < -0.39 is 5.54 Å². The average molecular weight is 298 g/mol. The summed E-state index contributed by atoms with van der Waals surface area (Å²) < 4.78 is 0. The number of imide groups is 1. The van der Waals surface area contributed by atoms with Gasteiger partial charge in [0.25, 0.3) is 5.91 Å². The highest BCUT2D eigenvalue weighted by Crippen LogP contribution is 2.36. The number of rotatable bonds is 6. The van der Waals surface area contributed by atoms with Crippen molar-refractivity contribution in [2.75, 3.05) is 12.3 Å². The van der Waals surface area contributed by atoms with Crippen LogP contribution in [-0.4, -0.2) is 34.7 Å². The third-order valence-electron chi connectivity index (χ3n) is 4.66. The lowest BCUT2D eigenvalue weighted by atomic mass is 9.77. The van der Waals surface area contributed by atoms with Gasteiger partial charge >= 0.3 is 6.03 Å². The van der Waals surface area contributed by atoms with Crippen molar-refractivity contribution in [3.8, 4) is 0 Å². The second-order valence-corrected chi connectivity index (χ2v) is 6.74. The molecule has 0 bridgehead atoms. The van der Waals surface area contributed by atoms with Gasteiger partial charge < -0.3 is 5.32 Å². The Kier molecular flexibility index (Phi) is 5.35. The van der Waals surface area contributed by atoms with E-state index in [0.29, 0.717) is 12.5 Å². The van der Waals surface area contributed by atoms with E-state index in [4.69, 9.17) is 0 Å². The predicted molar refractivity (Wildman–Crippen MR) is 82.9 cm³/mol. The summed E-state index contributed by atoms with van der Waals surface area (Å²) in [6, 6.07) is -0.182. The third-order valence-corrected chi connectivity index (χ3v) is 4.98. The van der Waals surface area contributed by atoms with Crippen LogP contribution in [0.3, 0.4) is 0 Å². The highest BCUT2D eigenvalue weighted by Gasteiger charge is 2.51. The first-order valence-electron chi connectivity index (χ1n) is 7.84. The Morgan fingerprint density at radius 3 is 2.50 bits per heavy atom. The molecule has 0 atom stereocenters. The number of thiol groups is 1. The highest BCUT2D eigenvalue weighted by molar-refractivity contribution is 7.80. The monoisotopic (exact) mass is 298 g/mol. The van der Waals surface area contributed by atoms with E-state index in [0.717, 1.165) is 57.1 Å². The van der Waals surface area contributed by atoms with Gasteiger partial charge in [0.1, 0.15) is 5.54 Å². The summed E-state index contributed by atoms with van der Waals surface area (Å²) in [5.74, 6) is 1.59. The molecular formula is C15H26N2O2S. The zero-order valence-electron chi connectivity index (χ0n) is 12.4. The lowest BCUT2D eigenvalue weighted by molar-refractivity contribution is -0.132. The predicted octanol–water partition coefficient (Wildman–Crippen LogP) is 2.98. The van der Waals surface area contributed by atoms with Gasteiger partial charge in [-0.05, 0) is 50.2 Å². The molecule has 1 aliphatic carbocycles. The van der Waals surface area contributed by atoms with Crippen molar-refractivity contribution in [3.63, 3.8) is 0 Å². The molecule has 0 unspecified atom stereocenters. The van der Waals surface area contributed by atoms with Crippen LogP contribution in [0.1, 0.15) is 58.3 Å². The van der Waals surface area contributed by atoms with Crippen molar-refractivity contribution in [1.29, 1.82) is 0 Å². The van der Waals surface area contributed by atoms with E-state index in [-0.39, 0.29) is 11.9 Å². The molecule has 2 aliphatic rings. The molecule has 114 valence electrons. The number of hydrogen-bond acceptors (Lipinski definition) is 3. The van der Waals surface area contributed by atoms with E-state index in [9.17, 15) is 9.59 Å². The van der Waals surface area contributed by atoms with Crippen LogP contribution >= 0.6 is 12.6 Å². The van der Waals surface area contributed by atoms with Gasteiger partial charge in [0.2, 0.25) is 0 Å². The van der Waals surface area contributed by atoms with Crippen LogP contribution < -0.4 is 5.32 Å². The first-order chi connectivity index (χ1) is 9.59. The van der Waals surface area contributed by atoms with Gasteiger partial charge in [-0.15, -0.1) is 0 Å². The van der Waals surface area contributed by atoms with Gasteiger partial charge in [-0.25, -0.2) is 4.79 Å². The number of hydrogen-bond donors (Lipinski definition) is 2. The van der Waals surface area contributed by atoms with Crippen molar-refractivity contribution in [2.45, 2.75) is 63.8 Å². The lowest BCUT2D eigenvalue weighted by Gasteiger charge is -2.33. The fourth-order valence-corrected chi connectivity index (χ4v) is 3.43. The molecule has 5 heteroatoms. The fraction of sp³-hybridized carbons (Fsp3) is 0.867. The standard InChI is InChI=1S/C15H26N2O2S/c1-12-6-8-15(9-7-12)13(18)17(14(19)16-15)10-4-2-3-5-11-20/h12,20H,2-11H2,1H3,(H,16,19). The molecule has 2 fully saturated rings. The van der Waals surface area contributed by atoms with Crippen molar-refractivity contribution in [2.24, 2.45) is 5.92 Å². The van der Waals surface area contributed by atoms with Crippen LogP contribution in [0.5, 0.6) is 0 Å². The van der Waals surface area contributed by atoms with E-state index in [1.54, 1.807) is 0 Å². The van der Waals surface area contributed by atoms with Crippen LogP contribution in [-0.2, 0) is 4.79 Å². The van der Waals surface area contributed by atoms with Gasteiger partial charge in [-0.3, -0.25) is 9.69 Å². The van der Waals surface area contributed by atoms with Gasteiger partial charge in [0, 0.05) is 6.54 Å². The molecular weight excluding hydrogens is 272 g/mol. The van der Waals surface area contributed by atoms with Crippen molar-refractivity contribution in [1.82, 2.24) is 10.2 Å². The highest BCUT2D eigenvalue weighted by atomic mass is 32.1.